The minimum Gasteiger partial charge on any atom is -0.370 e. The monoisotopic (exact) mass is 494 g/mol. The van der Waals surface area contributed by atoms with Gasteiger partial charge in [-0.2, -0.15) is 0 Å². The number of ether oxygens (including phenoxy) is 1. The third-order valence-electron chi connectivity index (χ3n) is 5.44. The number of hydrogen-bond donors (Lipinski definition) is 3. The molecule has 1 saturated heterocycles. The maximum absolute atomic E-state index is 14.7. The molecule has 2 heterocycles. The van der Waals surface area contributed by atoms with Crippen molar-refractivity contribution in [3.8, 4) is 0 Å². The number of amides is 3. The van der Waals surface area contributed by atoms with Crippen molar-refractivity contribution in [1.82, 2.24) is 10.6 Å². The Balaban J connectivity index is 1.39. The molecule has 2 fully saturated rings. The van der Waals surface area contributed by atoms with Gasteiger partial charge in [-0.15, -0.1) is 11.3 Å². The second-order valence-corrected chi connectivity index (χ2v) is 9.68. The Bertz CT molecular complexity index is 1050. The first-order chi connectivity index (χ1) is 15.9. The lowest BCUT2D eigenvalue weighted by Crippen LogP contribution is -2.49. The van der Waals surface area contributed by atoms with Crippen LogP contribution in [0.15, 0.2) is 30.3 Å². The van der Waals surface area contributed by atoms with Crippen LogP contribution < -0.4 is 20.9 Å². The maximum Gasteiger partial charge on any atom is 0.261 e. The number of rotatable bonds is 9. The van der Waals surface area contributed by atoms with Gasteiger partial charge in [0.15, 0.2) is 0 Å². The number of thiophene rings is 1. The summed E-state index contributed by atoms with van der Waals surface area (Å²) in [4.78, 5) is 39.1. The van der Waals surface area contributed by atoms with Gasteiger partial charge in [-0.05, 0) is 55.6 Å². The number of anilines is 2. The zero-order valence-electron chi connectivity index (χ0n) is 17.7. The molecule has 1 saturated carbocycles. The summed E-state index contributed by atoms with van der Waals surface area (Å²) in [5.74, 6) is -1.19. The molecule has 1 aromatic heterocycles. The normalized spacial score (nSPS) is 17.0. The molecule has 1 aliphatic heterocycles. The highest BCUT2D eigenvalue weighted by molar-refractivity contribution is 7.18. The second kappa shape index (κ2) is 10.6. The van der Waals surface area contributed by atoms with Gasteiger partial charge in [-0.25, -0.2) is 4.39 Å². The number of nitrogens with zero attached hydrogens (tertiary/aromatic N) is 1. The first-order valence-electron chi connectivity index (χ1n) is 10.7. The van der Waals surface area contributed by atoms with Gasteiger partial charge < -0.3 is 25.6 Å². The molecule has 3 amide bonds. The molecule has 33 heavy (non-hydrogen) atoms. The number of benzene rings is 1. The molecule has 4 rings (SSSR count). The molecule has 1 aliphatic carbocycles. The quantitative estimate of drug-likeness (QED) is 0.497. The number of nitrogens with one attached hydrogen (secondary N) is 3. The number of carbonyl (C=O) groups excluding carboxylic acids is 3. The third kappa shape index (κ3) is 6.29. The first kappa shape index (κ1) is 23.6. The molecule has 2 aliphatic rings. The molecule has 8 nitrogen and oxygen atoms in total. The molecule has 1 aromatic carbocycles. The molecule has 3 N–H and O–H groups in total. The SMILES string of the molecule is O=C(NC[C@@H](NCC1CC1)C(=O)Nc1ccc(N2CCOCC2=O)cc1F)c1ccc(Cl)s1. The van der Waals surface area contributed by atoms with Crippen LogP contribution in [0.25, 0.3) is 0 Å². The van der Waals surface area contributed by atoms with E-state index in [1.165, 1.54) is 17.0 Å². The maximum atomic E-state index is 14.7. The zero-order valence-corrected chi connectivity index (χ0v) is 19.3. The topological polar surface area (TPSA) is 99.8 Å². The van der Waals surface area contributed by atoms with Crippen molar-refractivity contribution in [3.05, 3.63) is 45.4 Å². The van der Waals surface area contributed by atoms with Crippen LogP contribution >= 0.6 is 22.9 Å². The highest BCUT2D eigenvalue weighted by atomic mass is 35.5. The van der Waals surface area contributed by atoms with Gasteiger partial charge in [0.1, 0.15) is 18.5 Å². The molecular weight excluding hydrogens is 471 g/mol. The van der Waals surface area contributed by atoms with Crippen molar-refractivity contribution in [1.29, 1.82) is 0 Å². The smallest absolute Gasteiger partial charge is 0.261 e. The van der Waals surface area contributed by atoms with Crippen LogP contribution in [0.3, 0.4) is 0 Å². The summed E-state index contributed by atoms with van der Waals surface area (Å²) in [5, 5.41) is 8.49. The van der Waals surface area contributed by atoms with E-state index < -0.39 is 17.8 Å². The summed E-state index contributed by atoms with van der Waals surface area (Å²) in [6, 6.07) is 6.73. The van der Waals surface area contributed by atoms with Gasteiger partial charge in [0.25, 0.3) is 11.8 Å². The number of hydrogen-bond acceptors (Lipinski definition) is 6. The second-order valence-electron chi connectivity index (χ2n) is 7.97. The van der Waals surface area contributed by atoms with E-state index in [9.17, 15) is 18.8 Å². The van der Waals surface area contributed by atoms with Gasteiger partial charge in [0.05, 0.1) is 21.5 Å². The van der Waals surface area contributed by atoms with E-state index in [1.807, 2.05) is 0 Å². The van der Waals surface area contributed by atoms with Crippen molar-refractivity contribution >= 4 is 52.0 Å². The van der Waals surface area contributed by atoms with Crippen LogP contribution in [-0.2, 0) is 14.3 Å². The predicted molar refractivity (Wildman–Crippen MR) is 124 cm³/mol. The molecule has 0 radical (unpaired) electrons. The lowest BCUT2D eigenvalue weighted by Gasteiger charge is -2.27. The summed E-state index contributed by atoms with van der Waals surface area (Å²) in [5.41, 5.74) is 0.406. The van der Waals surface area contributed by atoms with Crippen LogP contribution in [0.5, 0.6) is 0 Å². The molecule has 176 valence electrons. The number of morpholine rings is 1. The van der Waals surface area contributed by atoms with Crippen LogP contribution in [0.4, 0.5) is 15.8 Å². The summed E-state index contributed by atoms with van der Waals surface area (Å²) >= 11 is 7.03. The van der Waals surface area contributed by atoms with E-state index in [1.54, 1.807) is 18.2 Å². The molecule has 11 heteroatoms. The largest absolute Gasteiger partial charge is 0.370 e. The molecule has 1 atom stereocenters. The minimum absolute atomic E-state index is 0.000884. The highest BCUT2D eigenvalue weighted by Gasteiger charge is 2.27. The Morgan fingerprint density at radius 1 is 1.27 bits per heavy atom. The van der Waals surface area contributed by atoms with E-state index in [4.69, 9.17) is 16.3 Å². The lowest BCUT2D eigenvalue weighted by molar-refractivity contribution is -0.125. The summed E-state index contributed by atoms with van der Waals surface area (Å²) in [7, 11) is 0. The fourth-order valence-electron chi connectivity index (χ4n) is 3.39. The molecular formula is C22H24ClFN4O4S. The number of halogens is 2. The van der Waals surface area contributed by atoms with Crippen molar-refractivity contribution in [2.24, 2.45) is 5.92 Å². The van der Waals surface area contributed by atoms with Crippen molar-refractivity contribution in [2.75, 3.05) is 43.1 Å². The predicted octanol–water partition coefficient (Wildman–Crippen LogP) is 2.64. The van der Waals surface area contributed by atoms with Crippen LogP contribution in [-0.4, -0.2) is 56.6 Å². The lowest BCUT2D eigenvalue weighted by atomic mass is 10.2. The Morgan fingerprint density at radius 3 is 2.76 bits per heavy atom. The Morgan fingerprint density at radius 2 is 2.09 bits per heavy atom. The van der Waals surface area contributed by atoms with Gasteiger partial charge in [0, 0.05) is 18.8 Å². The fraction of sp³-hybridized carbons (Fsp3) is 0.409. The zero-order chi connectivity index (χ0) is 23.4. The van der Waals surface area contributed by atoms with Crippen LogP contribution in [0, 0.1) is 11.7 Å². The van der Waals surface area contributed by atoms with Crippen molar-refractivity contribution < 1.29 is 23.5 Å². The van der Waals surface area contributed by atoms with Gasteiger partial charge in [0.2, 0.25) is 5.91 Å². The van der Waals surface area contributed by atoms with Gasteiger partial charge in [-0.3, -0.25) is 14.4 Å². The average molecular weight is 495 g/mol. The summed E-state index contributed by atoms with van der Waals surface area (Å²) < 4.78 is 20.3. The van der Waals surface area contributed by atoms with Crippen molar-refractivity contribution in [2.45, 2.75) is 18.9 Å². The minimum atomic E-state index is -0.745. The van der Waals surface area contributed by atoms with Crippen LogP contribution in [0.2, 0.25) is 4.34 Å². The van der Waals surface area contributed by atoms with Gasteiger partial charge >= 0.3 is 0 Å². The van der Waals surface area contributed by atoms with E-state index in [2.05, 4.69) is 16.0 Å². The summed E-state index contributed by atoms with van der Waals surface area (Å²) in [6.45, 7) is 1.35. The molecule has 0 spiro atoms. The fourth-order valence-corrected chi connectivity index (χ4v) is 4.35. The van der Waals surface area contributed by atoms with E-state index in [-0.39, 0.29) is 30.7 Å². The van der Waals surface area contributed by atoms with E-state index in [0.717, 1.165) is 24.2 Å². The number of carbonyl (C=O) groups is 3. The standard InChI is InChI=1S/C22H24ClFN4O4S/c23-19-6-5-18(33-19)22(31)26-11-17(25-10-13-1-2-13)21(30)27-16-4-3-14(9-15(16)24)28-7-8-32-12-20(28)29/h3-6,9,13,17,25H,1-2,7-8,10-12H2,(H,26,31)(H,27,30)/t17-/m1/s1. The van der Waals surface area contributed by atoms with E-state index >= 15 is 0 Å². The summed E-state index contributed by atoms with van der Waals surface area (Å²) in [6.07, 6.45) is 2.19. The molecule has 2 aromatic rings. The highest BCUT2D eigenvalue weighted by Crippen LogP contribution is 2.28. The molecule has 0 bridgehead atoms. The van der Waals surface area contributed by atoms with E-state index in [0.29, 0.717) is 40.5 Å². The third-order valence-corrected chi connectivity index (χ3v) is 6.67. The Hall–Kier alpha value is -2.53. The Labute approximate surface area is 199 Å². The average Bonchev–Trinajstić information content (AvgIpc) is 3.53. The Kier molecular flexibility index (Phi) is 7.59. The van der Waals surface area contributed by atoms with Crippen LogP contribution in [0.1, 0.15) is 22.5 Å². The first-order valence-corrected chi connectivity index (χ1v) is 11.9. The molecule has 0 unspecified atom stereocenters. The van der Waals surface area contributed by atoms with Gasteiger partial charge in [-0.1, -0.05) is 11.6 Å². The van der Waals surface area contributed by atoms with Crippen molar-refractivity contribution in [3.63, 3.8) is 0 Å².